The Morgan fingerprint density at radius 2 is 2.00 bits per heavy atom. The molecule has 0 radical (unpaired) electrons. The van der Waals surface area contributed by atoms with E-state index in [4.69, 9.17) is 4.74 Å². The van der Waals surface area contributed by atoms with Crippen molar-refractivity contribution in [3.63, 3.8) is 0 Å². The maximum atomic E-state index is 12.0. The zero-order chi connectivity index (χ0) is 13.4. The maximum Gasteiger partial charge on any atom is 0.241 e. The largest absolute Gasteiger partial charge is 0.381 e. The first-order valence-corrected chi connectivity index (χ1v) is 8.17. The summed E-state index contributed by atoms with van der Waals surface area (Å²) in [5.41, 5.74) is 0. The topological polar surface area (TPSA) is 55.4 Å². The molecule has 0 aliphatic rings. The van der Waals surface area contributed by atoms with E-state index in [0.717, 1.165) is 13.0 Å². The van der Waals surface area contributed by atoms with Gasteiger partial charge >= 0.3 is 0 Å². The van der Waals surface area contributed by atoms with E-state index in [9.17, 15) is 8.42 Å². The standard InChI is InChI=1S/C12H18BrNO3S/c1-2-9-17-10-5-8-14-18(15,16)12-7-4-3-6-11(12)13/h3-4,6-7,14H,2,5,8-10H2,1H3. The van der Waals surface area contributed by atoms with Crippen molar-refractivity contribution in [3.05, 3.63) is 28.7 Å². The summed E-state index contributed by atoms with van der Waals surface area (Å²) in [6.45, 7) is 3.71. The van der Waals surface area contributed by atoms with Crippen LogP contribution in [0.5, 0.6) is 0 Å². The summed E-state index contributed by atoms with van der Waals surface area (Å²) in [5, 5.41) is 0. The molecule has 0 aromatic heterocycles. The number of ether oxygens (including phenoxy) is 1. The lowest BCUT2D eigenvalue weighted by molar-refractivity contribution is 0.133. The summed E-state index contributed by atoms with van der Waals surface area (Å²) >= 11 is 3.23. The Morgan fingerprint density at radius 1 is 1.28 bits per heavy atom. The molecule has 0 spiro atoms. The fourth-order valence-electron chi connectivity index (χ4n) is 1.37. The lowest BCUT2D eigenvalue weighted by atomic mass is 10.4. The van der Waals surface area contributed by atoms with Gasteiger partial charge < -0.3 is 4.74 Å². The van der Waals surface area contributed by atoms with Gasteiger partial charge in [0.05, 0.1) is 4.90 Å². The van der Waals surface area contributed by atoms with Crippen molar-refractivity contribution in [3.8, 4) is 0 Å². The van der Waals surface area contributed by atoms with Gasteiger partial charge in [-0.1, -0.05) is 19.1 Å². The summed E-state index contributed by atoms with van der Waals surface area (Å²) in [6, 6.07) is 6.75. The first-order chi connectivity index (χ1) is 8.58. The fraction of sp³-hybridized carbons (Fsp3) is 0.500. The molecule has 0 fully saturated rings. The average Bonchev–Trinajstić information content (AvgIpc) is 2.34. The van der Waals surface area contributed by atoms with Crippen LogP contribution in [-0.2, 0) is 14.8 Å². The Bertz CT molecular complexity index is 462. The molecule has 0 amide bonds. The third-order valence-corrected chi connectivity index (χ3v) is 4.71. The van der Waals surface area contributed by atoms with Crippen molar-refractivity contribution < 1.29 is 13.2 Å². The second kappa shape index (κ2) is 7.89. The van der Waals surface area contributed by atoms with Gasteiger partial charge in [-0.25, -0.2) is 13.1 Å². The minimum absolute atomic E-state index is 0.263. The minimum atomic E-state index is -3.44. The molecule has 0 aliphatic heterocycles. The predicted molar refractivity (Wildman–Crippen MR) is 75.1 cm³/mol. The third kappa shape index (κ3) is 5.06. The van der Waals surface area contributed by atoms with Gasteiger partial charge in [0.25, 0.3) is 0 Å². The first-order valence-electron chi connectivity index (χ1n) is 5.90. The number of nitrogens with one attached hydrogen (secondary N) is 1. The van der Waals surface area contributed by atoms with Gasteiger partial charge in [0.2, 0.25) is 10.0 Å². The molecule has 0 aliphatic carbocycles. The Balaban J connectivity index is 2.44. The molecule has 6 heteroatoms. The third-order valence-electron chi connectivity index (χ3n) is 2.23. The number of hydrogen-bond donors (Lipinski definition) is 1. The molecule has 1 N–H and O–H groups in total. The molecule has 0 bridgehead atoms. The smallest absolute Gasteiger partial charge is 0.241 e. The van der Waals surface area contributed by atoms with Crippen LogP contribution in [0.1, 0.15) is 19.8 Å². The van der Waals surface area contributed by atoms with Crippen LogP contribution in [-0.4, -0.2) is 28.2 Å². The molecule has 0 saturated heterocycles. The van der Waals surface area contributed by atoms with E-state index in [1.807, 2.05) is 6.92 Å². The van der Waals surface area contributed by atoms with Gasteiger partial charge in [0, 0.05) is 24.2 Å². The molecule has 1 rings (SSSR count). The number of hydrogen-bond acceptors (Lipinski definition) is 3. The van der Waals surface area contributed by atoms with E-state index in [1.165, 1.54) is 0 Å². The monoisotopic (exact) mass is 335 g/mol. The van der Waals surface area contributed by atoms with Crippen LogP contribution in [0, 0.1) is 0 Å². The van der Waals surface area contributed by atoms with Gasteiger partial charge in [0.15, 0.2) is 0 Å². The second-order valence-corrected chi connectivity index (χ2v) is 6.38. The highest BCUT2D eigenvalue weighted by Crippen LogP contribution is 2.20. The Kier molecular flexibility index (Phi) is 6.85. The van der Waals surface area contributed by atoms with Crippen LogP contribution in [0.4, 0.5) is 0 Å². The SMILES string of the molecule is CCCOCCCNS(=O)(=O)c1ccccc1Br. The van der Waals surface area contributed by atoms with Crippen molar-refractivity contribution in [2.24, 2.45) is 0 Å². The molecule has 4 nitrogen and oxygen atoms in total. The molecular formula is C12H18BrNO3S. The lowest BCUT2D eigenvalue weighted by Crippen LogP contribution is -2.25. The number of sulfonamides is 1. The number of benzene rings is 1. The highest BCUT2D eigenvalue weighted by Gasteiger charge is 2.15. The number of rotatable bonds is 8. The van der Waals surface area contributed by atoms with Gasteiger partial charge in [-0.3, -0.25) is 0 Å². The molecule has 0 saturated carbocycles. The highest BCUT2D eigenvalue weighted by molar-refractivity contribution is 9.10. The minimum Gasteiger partial charge on any atom is -0.381 e. The molecule has 102 valence electrons. The highest BCUT2D eigenvalue weighted by atomic mass is 79.9. The van der Waals surface area contributed by atoms with E-state index in [-0.39, 0.29) is 4.90 Å². The number of halogens is 1. The van der Waals surface area contributed by atoms with Gasteiger partial charge in [-0.05, 0) is 40.9 Å². The molecule has 0 heterocycles. The van der Waals surface area contributed by atoms with E-state index in [2.05, 4.69) is 20.7 Å². The Labute approximate surface area is 117 Å². The van der Waals surface area contributed by atoms with Crippen LogP contribution in [0.15, 0.2) is 33.6 Å². The zero-order valence-electron chi connectivity index (χ0n) is 10.4. The first kappa shape index (κ1) is 15.6. The summed E-state index contributed by atoms with van der Waals surface area (Å²) in [6.07, 6.45) is 1.65. The van der Waals surface area contributed by atoms with Crippen LogP contribution in [0.2, 0.25) is 0 Å². The van der Waals surface area contributed by atoms with E-state index in [1.54, 1.807) is 24.3 Å². The summed E-state index contributed by atoms with van der Waals surface area (Å²) in [7, 11) is -3.44. The van der Waals surface area contributed by atoms with Crippen LogP contribution in [0.25, 0.3) is 0 Å². The Morgan fingerprint density at radius 3 is 2.67 bits per heavy atom. The average molecular weight is 336 g/mol. The Hall–Kier alpha value is -0.430. The second-order valence-electron chi connectivity index (χ2n) is 3.79. The van der Waals surface area contributed by atoms with E-state index in [0.29, 0.717) is 24.0 Å². The molecule has 0 atom stereocenters. The zero-order valence-corrected chi connectivity index (χ0v) is 12.8. The van der Waals surface area contributed by atoms with E-state index >= 15 is 0 Å². The summed E-state index contributed by atoms with van der Waals surface area (Å²) in [4.78, 5) is 0.263. The fourth-order valence-corrected chi connectivity index (χ4v) is 3.44. The normalized spacial score (nSPS) is 11.7. The molecular weight excluding hydrogens is 318 g/mol. The van der Waals surface area contributed by atoms with Crippen molar-refractivity contribution in [2.75, 3.05) is 19.8 Å². The van der Waals surface area contributed by atoms with Gasteiger partial charge in [-0.2, -0.15) is 0 Å². The van der Waals surface area contributed by atoms with Crippen molar-refractivity contribution in [2.45, 2.75) is 24.7 Å². The molecule has 1 aromatic rings. The summed E-state index contributed by atoms with van der Waals surface area (Å²) < 4.78 is 32.3. The molecule has 1 aromatic carbocycles. The van der Waals surface area contributed by atoms with Crippen molar-refractivity contribution in [1.29, 1.82) is 0 Å². The maximum absolute atomic E-state index is 12.0. The molecule has 0 unspecified atom stereocenters. The molecule has 18 heavy (non-hydrogen) atoms. The van der Waals surface area contributed by atoms with Crippen LogP contribution in [0.3, 0.4) is 0 Å². The summed E-state index contributed by atoms with van der Waals surface area (Å²) in [5.74, 6) is 0. The quantitative estimate of drug-likeness (QED) is 0.743. The lowest BCUT2D eigenvalue weighted by Gasteiger charge is -2.08. The van der Waals surface area contributed by atoms with Gasteiger partial charge in [-0.15, -0.1) is 0 Å². The van der Waals surface area contributed by atoms with Crippen molar-refractivity contribution in [1.82, 2.24) is 4.72 Å². The van der Waals surface area contributed by atoms with Crippen LogP contribution >= 0.6 is 15.9 Å². The van der Waals surface area contributed by atoms with Gasteiger partial charge in [0.1, 0.15) is 0 Å². The predicted octanol–water partition coefficient (Wildman–Crippen LogP) is 2.54. The van der Waals surface area contributed by atoms with E-state index < -0.39 is 10.0 Å². The van der Waals surface area contributed by atoms with Crippen molar-refractivity contribution >= 4 is 26.0 Å². The van der Waals surface area contributed by atoms with Crippen LogP contribution < -0.4 is 4.72 Å².